The first kappa shape index (κ1) is 9.48. The largest absolute Gasteiger partial charge is 0.270 e. The molecule has 2 aromatic rings. The highest BCUT2D eigenvalue weighted by molar-refractivity contribution is 5.97. The summed E-state index contributed by atoms with van der Waals surface area (Å²) in [5.41, 5.74) is 4.15. The van der Waals surface area contributed by atoms with E-state index >= 15 is 0 Å². The Hall–Kier alpha value is -2.55. The Bertz CT molecular complexity index is 847. The standard InChI is InChI=1S/C15H8N2O/c18-14-8-5-10-12(17-14)6-7-13-15(10)9-3-1-2-4-11(9)16-13/h1-8H. The molecule has 18 heavy (non-hydrogen) atoms. The maximum Gasteiger partial charge on any atom is 0.270 e. The molecule has 0 aromatic heterocycles. The van der Waals surface area contributed by atoms with E-state index in [9.17, 15) is 4.79 Å². The third kappa shape index (κ3) is 1.16. The van der Waals surface area contributed by atoms with Crippen molar-refractivity contribution in [3.8, 4) is 11.1 Å². The average Bonchev–Trinajstić information content (AvgIpc) is 2.77. The van der Waals surface area contributed by atoms with Crippen LogP contribution in [0.15, 0.2) is 52.5 Å². The summed E-state index contributed by atoms with van der Waals surface area (Å²) in [7, 11) is 0. The Morgan fingerprint density at radius 2 is 1.67 bits per heavy atom. The number of para-hydroxylation sites is 1. The van der Waals surface area contributed by atoms with Crippen LogP contribution in [0, 0.1) is 0 Å². The second-order valence-electron chi connectivity index (χ2n) is 4.30. The van der Waals surface area contributed by atoms with Gasteiger partial charge in [-0.05, 0) is 24.3 Å². The van der Waals surface area contributed by atoms with Gasteiger partial charge in [0.25, 0.3) is 5.91 Å². The van der Waals surface area contributed by atoms with Gasteiger partial charge in [-0.15, -0.1) is 0 Å². The molecule has 3 nitrogen and oxygen atoms in total. The maximum atomic E-state index is 11.3. The molecule has 2 aromatic carbocycles. The molecule has 2 aliphatic rings. The topological polar surface area (TPSA) is 41.8 Å². The lowest BCUT2D eigenvalue weighted by molar-refractivity contribution is -0.113. The number of carbonyl (C=O) groups excluding carboxylic acids is 1. The number of carbonyl (C=O) groups is 1. The molecule has 4 rings (SSSR count). The highest BCUT2D eigenvalue weighted by atomic mass is 16.1. The van der Waals surface area contributed by atoms with E-state index in [0.29, 0.717) is 0 Å². The summed E-state index contributed by atoms with van der Waals surface area (Å²) in [4.78, 5) is 19.9. The summed E-state index contributed by atoms with van der Waals surface area (Å²) < 4.78 is 0. The van der Waals surface area contributed by atoms with Crippen LogP contribution in [0.2, 0.25) is 0 Å². The summed E-state index contributed by atoms with van der Waals surface area (Å²) in [6, 6.07) is 11.8. The van der Waals surface area contributed by atoms with E-state index in [1.807, 2.05) is 36.4 Å². The van der Waals surface area contributed by atoms with E-state index in [1.165, 1.54) is 6.08 Å². The van der Waals surface area contributed by atoms with Gasteiger partial charge in [0.2, 0.25) is 0 Å². The van der Waals surface area contributed by atoms with Gasteiger partial charge >= 0.3 is 0 Å². The van der Waals surface area contributed by atoms with Gasteiger partial charge in [-0.1, -0.05) is 18.2 Å². The number of hydrogen-bond donors (Lipinski definition) is 0. The molecule has 0 unspecified atom stereocenters. The van der Waals surface area contributed by atoms with Gasteiger partial charge in [0.1, 0.15) is 0 Å². The number of fused-ring (bicyclic) bond motifs is 5. The lowest BCUT2D eigenvalue weighted by Gasteiger charge is -2.06. The fraction of sp³-hybridized carbons (Fsp3) is 0. The van der Waals surface area contributed by atoms with Crippen LogP contribution >= 0.6 is 0 Å². The molecule has 0 bridgehead atoms. The van der Waals surface area contributed by atoms with Crippen molar-refractivity contribution in [1.29, 1.82) is 0 Å². The van der Waals surface area contributed by atoms with Crippen LogP contribution in [0.5, 0.6) is 0 Å². The monoisotopic (exact) mass is 232 g/mol. The van der Waals surface area contributed by atoms with E-state index < -0.39 is 0 Å². The predicted molar refractivity (Wildman–Crippen MR) is 67.9 cm³/mol. The quantitative estimate of drug-likeness (QED) is 0.582. The molecule has 0 aliphatic carbocycles. The summed E-state index contributed by atoms with van der Waals surface area (Å²) in [6.07, 6.45) is 3.34. The lowest BCUT2D eigenvalue weighted by Crippen LogP contribution is -2.18. The molecule has 0 fully saturated rings. The molecular weight excluding hydrogens is 224 g/mol. The Balaban J connectivity index is 2.17. The van der Waals surface area contributed by atoms with E-state index in [2.05, 4.69) is 16.1 Å². The van der Waals surface area contributed by atoms with Crippen LogP contribution in [0.1, 0.15) is 5.56 Å². The minimum atomic E-state index is -0.203. The summed E-state index contributed by atoms with van der Waals surface area (Å²) in [5, 5.41) is 1.68. The van der Waals surface area contributed by atoms with Gasteiger partial charge in [0.15, 0.2) is 0 Å². The Kier molecular flexibility index (Phi) is 1.70. The Morgan fingerprint density at radius 3 is 2.61 bits per heavy atom. The zero-order valence-corrected chi connectivity index (χ0v) is 9.42. The number of nitrogens with zero attached hydrogens (tertiary/aromatic N) is 2. The predicted octanol–water partition coefficient (Wildman–Crippen LogP) is 1.79. The van der Waals surface area contributed by atoms with Crippen LogP contribution in [0.3, 0.4) is 0 Å². The van der Waals surface area contributed by atoms with E-state index in [-0.39, 0.29) is 5.91 Å². The molecule has 2 aliphatic heterocycles. The fourth-order valence-electron chi connectivity index (χ4n) is 2.46. The minimum Gasteiger partial charge on any atom is -0.267 e. The average molecular weight is 232 g/mol. The van der Waals surface area contributed by atoms with Gasteiger partial charge in [-0.2, -0.15) is 0 Å². The number of benzene rings is 2. The number of rotatable bonds is 0. The van der Waals surface area contributed by atoms with E-state index in [4.69, 9.17) is 0 Å². The molecule has 2 heterocycles. The number of hydrogen-bond acceptors (Lipinski definition) is 2. The lowest BCUT2D eigenvalue weighted by atomic mass is 9.98. The third-order valence-corrected chi connectivity index (χ3v) is 3.24. The van der Waals surface area contributed by atoms with Crippen molar-refractivity contribution in [3.63, 3.8) is 0 Å². The second-order valence-corrected chi connectivity index (χ2v) is 4.30. The van der Waals surface area contributed by atoms with Gasteiger partial charge in [0, 0.05) is 22.8 Å². The van der Waals surface area contributed by atoms with Crippen molar-refractivity contribution < 1.29 is 4.79 Å². The first-order valence-electron chi connectivity index (χ1n) is 5.75. The molecule has 0 radical (unpaired) electrons. The van der Waals surface area contributed by atoms with Gasteiger partial charge < -0.3 is 0 Å². The SMILES string of the molecule is O=C1C=Cc2c3c(ccc2=N1)=Nc1ccccc1-3. The summed E-state index contributed by atoms with van der Waals surface area (Å²) in [5.74, 6) is -0.203. The maximum absolute atomic E-state index is 11.3. The number of amides is 1. The van der Waals surface area contributed by atoms with Gasteiger partial charge in [-0.3, -0.25) is 4.79 Å². The van der Waals surface area contributed by atoms with Crippen molar-refractivity contribution in [2.45, 2.75) is 0 Å². The van der Waals surface area contributed by atoms with Crippen molar-refractivity contribution in [3.05, 3.63) is 58.8 Å². The van der Waals surface area contributed by atoms with Crippen LogP contribution in [0.4, 0.5) is 5.69 Å². The first-order valence-corrected chi connectivity index (χ1v) is 5.75. The molecule has 0 atom stereocenters. The summed E-state index contributed by atoms with van der Waals surface area (Å²) in [6.45, 7) is 0. The molecule has 0 saturated carbocycles. The molecule has 1 amide bonds. The highest BCUT2D eigenvalue weighted by Gasteiger charge is 2.18. The normalized spacial score (nSPS) is 14.3. The zero-order valence-electron chi connectivity index (χ0n) is 9.42. The highest BCUT2D eigenvalue weighted by Crippen LogP contribution is 2.33. The Labute approximate surface area is 103 Å². The molecule has 84 valence electrons. The molecule has 0 spiro atoms. The summed E-state index contributed by atoms with van der Waals surface area (Å²) >= 11 is 0. The molecular formula is C15H8N2O. The fourth-order valence-corrected chi connectivity index (χ4v) is 2.46. The smallest absolute Gasteiger partial charge is 0.267 e. The molecule has 0 saturated heterocycles. The van der Waals surface area contributed by atoms with Crippen LogP contribution in [0.25, 0.3) is 17.2 Å². The Morgan fingerprint density at radius 1 is 0.833 bits per heavy atom. The van der Waals surface area contributed by atoms with Gasteiger partial charge in [0.05, 0.1) is 16.4 Å². The molecule has 3 heteroatoms. The van der Waals surface area contributed by atoms with Crippen LogP contribution in [-0.4, -0.2) is 5.91 Å². The zero-order chi connectivity index (χ0) is 12.1. The van der Waals surface area contributed by atoms with Crippen molar-refractivity contribution in [2.24, 2.45) is 9.98 Å². The second kappa shape index (κ2) is 3.23. The third-order valence-electron chi connectivity index (χ3n) is 3.24. The van der Waals surface area contributed by atoms with Crippen molar-refractivity contribution in [2.75, 3.05) is 0 Å². The van der Waals surface area contributed by atoms with Crippen LogP contribution in [-0.2, 0) is 4.79 Å². The van der Waals surface area contributed by atoms with E-state index in [0.717, 1.165) is 33.1 Å². The van der Waals surface area contributed by atoms with Crippen molar-refractivity contribution in [1.82, 2.24) is 0 Å². The first-order chi connectivity index (χ1) is 8.83. The van der Waals surface area contributed by atoms with E-state index in [1.54, 1.807) is 0 Å². The minimum absolute atomic E-state index is 0.203. The van der Waals surface area contributed by atoms with Gasteiger partial charge in [-0.25, -0.2) is 9.98 Å². The molecule has 0 N–H and O–H groups in total. The van der Waals surface area contributed by atoms with Crippen molar-refractivity contribution >= 4 is 17.7 Å². The van der Waals surface area contributed by atoms with Crippen LogP contribution < -0.4 is 10.7 Å².